The molecule has 2 rings (SSSR count). The highest BCUT2D eigenvalue weighted by Gasteiger charge is 2.21. The molecule has 0 bridgehead atoms. The van der Waals surface area contributed by atoms with Crippen molar-refractivity contribution >= 4 is 35.2 Å². The third-order valence-corrected chi connectivity index (χ3v) is 3.35. The van der Waals surface area contributed by atoms with E-state index in [1.54, 1.807) is 35.6 Å². The number of carboxylic acid groups (broad SMARTS) is 1. The number of rotatable bonds is 3. The molecule has 0 spiro atoms. The van der Waals surface area contributed by atoms with E-state index in [1.807, 2.05) is 0 Å². The second-order valence-corrected chi connectivity index (χ2v) is 5.09. The van der Waals surface area contributed by atoms with E-state index < -0.39 is 12.1 Å². The zero-order valence-electron chi connectivity index (χ0n) is 12.1. The van der Waals surface area contributed by atoms with Gasteiger partial charge in [-0.3, -0.25) is 9.69 Å². The van der Waals surface area contributed by atoms with E-state index in [0.29, 0.717) is 10.6 Å². The summed E-state index contributed by atoms with van der Waals surface area (Å²) in [5.41, 5.74) is 0.886. The molecular weight excluding hydrogens is 320 g/mol. The highest BCUT2D eigenvalue weighted by Crippen LogP contribution is 2.26. The van der Waals surface area contributed by atoms with Gasteiger partial charge < -0.3 is 5.11 Å². The second-order valence-electron chi connectivity index (χ2n) is 4.65. The zero-order chi connectivity index (χ0) is 17.0. The van der Waals surface area contributed by atoms with Gasteiger partial charge in [-0.05, 0) is 18.2 Å². The van der Waals surface area contributed by atoms with Crippen LogP contribution in [-0.2, 0) is 0 Å². The first-order valence-corrected chi connectivity index (χ1v) is 6.95. The smallest absolute Gasteiger partial charge is 0.412 e. The number of halogens is 1. The van der Waals surface area contributed by atoms with Crippen LogP contribution in [0.5, 0.6) is 0 Å². The molecule has 0 aliphatic carbocycles. The number of hydrogen-bond donors (Lipinski definition) is 2. The summed E-state index contributed by atoms with van der Waals surface area (Å²) in [7, 11) is 1.36. The molecule has 2 aromatic carbocycles. The van der Waals surface area contributed by atoms with Gasteiger partial charge in [0.05, 0.1) is 5.69 Å². The van der Waals surface area contributed by atoms with Crippen LogP contribution in [0.25, 0.3) is 0 Å². The van der Waals surface area contributed by atoms with E-state index >= 15 is 0 Å². The van der Waals surface area contributed by atoms with Crippen LogP contribution in [-0.4, -0.2) is 30.1 Å². The monoisotopic (exact) mass is 332 g/mol. The maximum atomic E-state index is 12.6. The van der Waals surface area contributed by atoms with Gasteiger partial charge >= 0.3 is 12.1 Å². The van der Waals surface area contributed by atoms with E-state index in [9.17, 15) is 14.4 Å². The molecule has 0 atom stereocenters. The van der Waals surface area contributed by atoms with Crippen molar-refractivity contribution in [3.8, 4) is 0 Å². The van der Waals surface area contributed by atoms with Crippen LogP contribution < -0.4 is 10.2 Å². The summed E-state index contributed by atoms with van der Waals surface area (Å²) in [6.45, 7) is 0. The van der Waals surface area contributed by atoms with Gasteiger partial charge in [0.1, 0.15) is 0 Å². The Morgan fingerprint density at radius 2 is 1.74 bits per heavy atom. The lowest BCUT2D eigenvalue weighted by molar-refractivity contribution is 0.103. The fourth-order valence-corrected chi connectivity index (χ4v) is 2.18. The predicted molar refractivity (Wildman–Crippen MR) is 86.3 cm³/mol. The fraction of sp³-hybridized carbons (Fsp3) is 0.0625. The molecule has 23 heavy (non-hydrogen) atoms. The Bertz CT molecular complexity index is 762. The maximum Gasteiger partial charge on any atom is 0.412 e. The molecule has 0 aromatic heterocycles. The number of urea groups is 1. The van der Waals surface area contributed by atoms with Crippen molar-refractivity contribution in [2.45, 2.75) is 0 Å². The van der Waals surface area contributed by atoms with Crippen molar-refractivity contribution in [2.75, 3.05) is 11.9 Å². The number of amides is 3. The van der Waals surface area contributed by atoms with Gasteiger partial charge in [0.2, 0.25) is 0 Å². The molecule has 0 heterocycles. The number of ketones is 1. The van der Waals surface area contributed by atoms with Gasteiger partial charge in [0.25, 0.3) is 0 Å². The molecule has 0 saturated heterocycles. The topological polar surface area (TPSA) is 86.7 Å². The molecule has 6 nitrogen and oxygen atoms in total. The summed E-state index contributed by atoms with van der Waals surface area (Å²) in [6, 6.07) is 12.1. The lowest BCUT2D eigenvalue weighted by Gasteiger charge is -2.20. The number of nitrogens with one attached hydrogen (secondary N) is 1. The standard InChI is InChI=1S/C16H13ClN2O4/c1-19(15(21)18-16(22)23)13-8-7-11(17)9-12(13)14(20)10-5-3-2-4-6-10/h2-9H,1H3,(H,18,21)(H,22,23). The van der Waals surface area contributed by atoms with E-state index in [1.165, 1.54) is 25.2 Å². The number of imide groups is 1. The SMILES string of the molecule is CN(C(=O)NC(=O)O)c1ccc(Cl)cc1C(=O)c1ccccc1. The average Bonchev–Trinajstić information content (AvgIpc) is 2.53. The van der Waals surface area contributed by atoms with Crippen molar-refractivity contribution in [2.24, 2.45) is 0 Å². The minimum absolute atomic E-state index is 0.201. The molecular formula is C16H13ClN2O4. The van der Waals surface area contributed by atoms with Crippen LogP contribution in [0, 0.1) is 0 Å². The fourth-order valence-electron chi connectivity index (χ4n) is 2.01. The van der Waals surface area contributed by atoms with Gasteiger partial charge in [-0.15, -0.1) is 0 Å². The first kappa shape index (κ1) is 16.5. The molecule has 0 radical (unpaired) electrons. The van der Waals surface area contributed by atoms with Crippen molar-refractivity contribution in [1.82, 2.24) is 5.32 Å². The quantitative estimate of drug-likeness (QED) is 0.843. The highest BCUT2D eigenvalue weighted by atomic mass is 35.5. The number of hydrogen-bond acceptors (Lipinski definition) is 3. The van der Waals surface area contributed by atoms with Gasteiger partial charge in [-0.25, -0.2) is 14.9 Å². The molecule has 0 saturated carbocycles. The number of benzene rings is 2. The molecule has 0 fully saturated rings. The molecule has 3 amide bonds. The van der Waals surface area contributed by atoms with E-state index in [2.05, 4.69) is 0 Å². The lowest BCUT2D eigenvalue weighted by atomic mass is 10.0. The average molecular weight is 333 g/mol. The van der Waals surface area contributed by atoms with Gasteiger partial charge in [-0.2, -0.15) is 0 Å². The first-order chi connectivity index (χ1) is 10.9. The molecule has 0 aliphatic heterocycles. The summed E-state index contributed by atoms with van der Waals surface area (Å²) in [4.78, 5) is 36.1. The van der Waals surface area contributed by atoms with Crippen LogP contribution in [0.1, 0.15) is 15.9 Å². The molecule has 118 valence electrons. The van der Waals surface area contributed by atoms with E-state index in [0.717, 1.165) is 4.90 Å². The zero-order valence-corrected chi connectivity index (χ0v) is 12.9. The Hall–Kier alpha value is -2.86. The largest absolute Gasteiger partial charge is 0.465 e. The van der Waals surface area contributed by atoms with Crippen LogP contribution in [0.3, 0.4) is 0 Å². The second kappa shape index (κ2) is 6.93. The minimum atomic E-state index is -1.48. The summed E-state index contributed by atoms with van der Waals surface area (Å²) < 4.78 is 0. The minimum Gasteiger partial charge on any atom is -0.465 e. The molecule has 2 N–H and O–H groups in total. The summed E-state index contributed by atoms with van der Waals surface area (Å²) >= 11 is 5.95. The highest BCUT2D eigenvalue weighted by molar-refractivity contribution is 6.31. The summed E-state index contributed by atoms with van der Waals surface area (Å²) in [5.74, 6) is -0.321. The summed E-state index contributed by atoms with van der Waals surface area (Å²) in [5, 5.41) is 10.7. The maximum absolute atomic E-state index is 12.6. The molecule has 7 heteroatoms. The van der Waals surface area contributed by atoms with E-state index in [4.69, 9.17) is 16.7 Å². The normalized spacial score (nSPS) is 10.0. The van der Waals surface area contributed by atoms with Crippen molar-refractivity contribution in [1.29, 1.82) is 0 Å². The third kappa shape index (κ3) is 3.87. The predicted octanol–water partition coefficient (Wildman–Crippen LogP) is 3.39. The van der Waals surface area contributed by atoms with Crippen molar-refractivity contribution < 1.29 is 19.5 Å². The van der Waals surface area contributed by atoms with Gasteiger partial charge in [0.15, 0.2) is 5.78 Å². The lowest BCUT2D eigenvalue weighted by Crippen LogP contribution is -2.40. The van der Waals surface area contributed by atoms with Crippen LogP contribution in [0.2, 0.25) is 5.02 Å². The van der Waals surface area contributed by atoms with Crippen molar-refractivity contribution in [3.05, 3.63) is 64.7 Å². The Morgan fingerprint density at radius 1 is 1.09 bits per heavy atom. The van der Waals surface area contributed by atoms with Crippen LogP contribution in [0.15, 0.2) is 48.5 Å². The Kier molecular flexibility index (Phi) is 4.98. The summed E-state index contributed by atoms with van der Waals surface area (Å²) in [6.07, 6.45) is -1.48. The van der Waals surface area contributed by atoms with Crippen molar-refractivity contribution in [3.63, 3.8) is 0 Å². The van der Waals surface area contributed by atoms with Gasteiger partial charge in [0, 0.05) is 23.2 Å². The van der Waals surface area contributed by atoms with E-state index in [-0.39, 0.29) is 17.0 Å². The molecule has 2 aromatic rings. The Labute approximate surface area is 137 Å². The number of anilines is 1. The van der Waals surface area contributed by atoms with Crippen LogP contribution >= 0.6 is 11.6 Å². The number of nitrogens with zero attached hydrogens (tertiary/aromatic N) is 1. The first-order valence-electron chi connectivity index (χ1n) is 6.57. The molecule has 0 aliphatic rings. The Balaban J connectivity index is 2.44. The Morgan fingerprint density at radius 3 is 2.35 bits per heavy atom. The number of carbonyl (C=O) groups is 3. The third-order valence-electron chi connectivity index (χ3n) is 3.12. The van der Waals surface area contributed by atoms with Gasteiger partial charge in [-0.1, -0.05) is 41.9 Å². The van der Waals surface area contributed by atoms with Crippen LogP contribution in [0.4, 0.5) is 15.3 Å². The number of carbonyl (C=O) groups excluding carboxylic acids is 2. The molecule has 0 unspecified atom stereocenters.